The van der Waals surface area contributed by atoms with Gasteiger partial charge >= 0.3 is 6.18 Å². The van der Waals surface area contributed by atoms with Gasteiger partial charge in [-0.2, -0.15) is 13.2 Å². The van der Waals surface area contributed by atoms with E-state index in [1.54, 1.807) is 24.3 Å². The number of para-hydroxylation sites is 1. The number of benzene rings is 2. The summed E-state index contributed by atoms with van der Waals surface area (Å²) in [5.41, 5.74) is 4.95. The fraction of sp³-hybridized carbons (Fsp3) is 0.200. The minimum absolute atomic E-state index is 0.173. The molecule has 0 amide bonds. The van der Waals surface area contributed by atoms with Gasteiger partial charge in [0.25, 0.3) is 0 Å². The van der Waals surface area contributed by atoms with Gasteiger partial charge in [0, 0.05) is 17.8 Å². The maximum Gasteiger partial charge on any atom is 0.419 e. The van der Waals surface area contributed by atoms with E-state index in [1.165, 1.54) is 0 Å². The Morgan fingerprint density at radius 2 is 1.73 bits per heavy atom. The molecular formula is C15H14F4N2O. The van der Waals surface area contributed by atoms with Crippen molar-refractivity contribution < 1.29 is 22.3 Å². The highest BCUT2D eigenvalue weighted by molar-refractivity contribution is 5.45. The number of hydrazine groups is 1. The largest absolute Gasteiger partial charge is 0.496 e. The van der Waals surface area contributed by atoms with Crippen LogP contribution in [-0.4, -0.2) is 7.11 Å². The molecule has 0 saturated heterocycles. The lowest BCUT2D eigenvalue weighted by Crippen LogP contribution is -2.22. The van der Waals surface area contributed by atoms with Crippen LogP contribution in [0.5, 0.6) is 5.75 Å². The van der Waals surface area contributed by atoms with Crippen LogP contribution in [0.25, 0.3) is 0 Å². The zero-order valence-corrected chi connectivity index (χ0v) is 11.7. The third kappa shape index (κ3) is 3.67. The van der Waals surface area contributed by atoms with Crippen molar-refractivity contribution in [2.45, 2.75) is 12.7 Å². The van der Waals surface area contributed by atoms with Gasteiger partial charge in [-0.15, -0.1) is 0 Å². The quantitative estimate of drug-likeness (QED) is 0.647. The van der Waals surface area contributed by atoms with Gasteiger partial charge in [0.2, 0.25) is 0 Å². The van der Waals surface area contributed by atoms with Crippen LogP contribution >= 0.6 is 0 Å². The van der Waals surface area contributed by atoms with Gasteiger partial charge in [0.05, 0.1) is 12.7 Å². The number of methoxy groups -OCH3 is 1. The molecular weight excluding hydrogens is 300 g/mol. The fourth-order valence-electron chi connectivity index (χ4n) is 1.98. The Hall–Kier alpha value is -2.28. The lowest BCUT2D eigenvalue weighted by atomic mass is 10.1. The lowest BCUT2D eigenvalue weighted by molar-refractivity contribution is -0.138. The molecule has 2 aromatic rings. The van der Waals surface area contributed by atoms with Crippen LogP contribution in [-0.2, 0) is 12.7 Å². The van der Waals surface area contributed by atoms with Crippen LogP contribution in [0, 0.1) is 5.82 Å². The molecule has 0 atom stereocenters. The van der Waals surface area contributed by atoms with E-state index in [0.29, 0.717) is 11.8 Å². The Morgan fingerprint density at radius 3 is 2.32 bits per heavy atom. The van der Waals surface area contributed by atoms with E-state index in [-0.39, 0.29) is 12.1 Å². The van der Waals surface area contributed by atoms with E-state index in [0.717, 1.165) is 13.2 Å². The van der Waals surface area contributed by atoms with Gasteiger partial charge in [-0.1, -0.05) is 18.2 Å². The Kier molecular flexibility index (Phi) is 4.87. The highest BCUT2D eigenvalue weighted by atomic mass is 19.4. The molecule has 0 aliphatic heterocycles. The first-order valence-corrected chi connectivity index (χ1v) is 6.40. The van der Waals surface area contributed by atoms with Crippen molar-refractivity contribution in [1.82, 2.24) is 5.43 Å². The van der Waals surface area contributed by atoms with Crippen molar-refractivity contribution in [3.8, 4) is 5.75 Å². The summed E-state index contributed by atoms with van der Waals surface area (Å²) in [6.07, 6.45) is -4.61. The zero-order valence-electron chi connectivity index (χ0n) is 11.7. The molecule has 0 unspecified atom stereocenters. The number of nitrogens with one attached hydrogen (secondary N) is 2. The second-order valence-corrected chi connectivity index (χ2v) is 4.45. The second-order valence-electron chi connectivity index (χ2n) is 4.45. The average Bonchev–Trinajstić information content (AvgIpc) is 2.48. The third-order valence-electron chi connectivity index (χ3n) is 2.98. The van der Waals surface area contributed by atoms with Crippen molar-refractivity contribution in [2.24, 2.45) is 0 Å². The molecule has 2 rings (SSSR count). The van der Waals surface area contributed by atoms with Crippen molar-refractivity contribution in [3.63, 3.8) is 0 Å². The van der Waals surface area contributed by atoms with Crippen LogP contribution in [0.15, 0.2) is 42.5 Å². The normalized spacial score (nSPS) is 11.3. The van der Waals surface area contributed by atoms with Crippen LogP contribution < -0.4 is 15.6 Å². The molecule has 0 spiro atoms. The zero-order chi connectivity index (χ0) is 16.2. The molecule has 3 nitrogen and oxygen atoms in total. The number of hydrogen-bond donors (Lipinski definition) is 2. The van der Waals surface area contributed by atoms with Crippen LogP contribution in [0.1, 0.15) is 11.1 Å². The first kappa shape index (κ1) is 16.1. The smallest absolute Gasteiger partial charge is 0.419 e. The summed E-state index contributed by atoms with van der Waals surface area (Å²) in [6.45, 7) is -0.173. The molecule has 2 N–H and O–H groups in total. The van der Waals surface area contributed by atoms with E-state index in [2.05, 4.69) is 10.9 Å². The first-order valence-electron chi connectivity index (χ1n) is 6.40. The predicted octanol–water partition coefficient (Wildman–Crippen LogP) is 3.97. The molecule has 0 fully saturated rings. The molecule has 0 aromatic heterocycles. The Morgan fingerprint density at radius 1 is 1.05 bits per heavy atom. The summed E-state index contributed by atoms with van der Waals surface area (Å²) in [7, 11) is 1.08. The van der Waals surface area contributed by atoms with E-state index < -0.39 is 23.3 Å². The topological polar surface area (TPSA) is 33.3 Å². The molecule has 118 valence electrons. The molecule has 7 heteroatoms. The maximum atomic E-state index is 13.8. The number of ether oxygens (including phenoxy) is 1. The molecule has 0 saturated carbocycles. The van der Waals surface area contributed by atoms with Gasteiger partial charge in [0.15, 0.2) is 0 Å². The van der Waals surface area contributed by atoms with E-state index >= 15 is 0 Å². The highest BCUT2D eigenvalue weighted by Gasteiger charge is 2.36. The van der Waals surface area contributed by atoms with Crippen molar-refractivity contribution in [2.75, 3.05) is 12.5 Å². The highest BCUT2D eigenvalue weighted by Crippen LogP contribution is 2.38. The predicted molar refractivity (Wildman–Crippen MR) is 74.9 cm³/mol. The molecule has 0 radical (unpaired) electrons. The number of hydrogen-bond acceptors (Lipinski definition) is 3. The monoisotopic (exact) mass is 314 g/mol. The summed E-state index contributed by atoms with van der Waals surface area (Å²) >= 11 is 0. The van der Waals surface area contributed by atoms with Gasteiger partial charge in [0.1, 0.15) is 11.6 Å². The van der Waals surface area contributed by atoms with Gasteiger partial charge < -0.3 is 10.2 Å². The third-order valence-corrected chi connectivity index (χ3v) is 2.98. The minimum Gasteiger partial charge on any atom is -0.496 e. The van der Waals surface area contributed by atoms with Gasteiger partial charge in [-0.25, -0.2) is 9.82 Å². The number of alkyl halides is 3. The first-order chi connectivity index (χ1) is 10.4. The Labute approximate surface area is 124 Å². The molecule has 0 bridgehead atoms. The summed E-state index contributed by atoms with van der Waals surface area (Å²) in [5, 5.41) is 0. The van der Waals surface area contributed by atoms with Crippen LogP contribution in [0.4, 0.5) is 23.2 Å². The Bertz CT molecular complexity index is 629. The maximum absolute atomic E-state index is 13.8. The van der Waals surface area contributed by atoms with Gasteiger partial charge in [-0.05, 0) is 24.3 Å². The molecule has 2 aromatic carbocycles. The Balaban J connectivity index is 2.19. The van der Waals surface area contributed by atoms with Crippen molar-refractivity contribution in [3.05, 3.63) is 59.4 Å². The lowest BCUT2D eigenvalue weighted by Gasteiger charge is -2.17. The number of anilines is 1. The number of halogens is 4. The summed E-state index contributed by atoms with van der Waals surface area (Å²) in [6, 6.07) is 10.4. The molecule has 0 aliphatic rings. The minimum atomic E-state index is -4.61. The van der Waals surface area contributed by atoms with Crippen molar-refractivity contribution >= 4 is 5.69 Å². The fourth-order valence-corrected chi connectivity index (χ4v) is 1.98. The van der Waals surface area contributed by atoms with Crippen molar-refractivity contribution in [1.29, 1.82) is 0 Å². The van der Waals surface area contributed by atoms with E-state index in [1.807, 2.05) is 6.07 Å². The molecule has 22 heavy (non-hydrogen) atoms. The van der Waals surface area contributed by atoms with Crippen LogP contribution in [0.2, 0.25) is 0 Å². The SMILES string of the molecule is COc1c(C(F)(F)F)ccc(F)c1CNNc1ccccc1. The van der Waals surface area contributed by atoms with Gasteiger partial charge in [-0.3, -0.25) is 0 Å². The summed E-state index contributed by atoms with van der Waals surface area (Å²) in [4.78, 5) is 0. The van der Waals surface area contributed by atoms with E-state index in [4.69, 9.17) is 4.74 Å². The van der Waals surface area contributed by atoms with E-state index in [9.17, 15) is 17.6 Å². The number of rotatable bonds is 5. The summed E-state index contributed by atoms with van der Waals surface area (Å²) in [5.74, 6) is -1.29. The average molecular weight is 314 g/mol. The second kappa shape index (κ2) is 6.65. The van der Waals surface area contributed by atoms with Crippen LogP contribution in [0.3, 0.4) is 0 Å². The standard InChI is InChI=1S/C15H14F4N2O/c1-22-14-11(9-20-21-10-5-3-2-4-6-10)13(16)8-7-12(14)15(17,18)19/h2-8,20-21H,9H2,1H3. The summed E-state index contributed by atoms with van der Waals surface area (Å²) < 4.78 is 57.3. The molecule has 0 aliphatic carbocycles. The molecule has 0 heterocycles.